The smallest absolute Gasteiger partial charge is 0.258 e. The lowest BCUT2D eigenvalue weighted by Gasteiger charge is -2.28. The Morgan fingerprint density at radius 3 is 2.22 bits per heavy atom. The highest BCUT2D eigenvalue weighted by atomic mass is 32.2. The lowest BCUT2D eigenvalue weighted by atomic mass is 10.0. The van der Waals surface area contributed by atoms with Crippen LogP contribution in [0.15, 0.2) is 53.9 Å². The molecular formula is C22H25NO3S. The quantitative estimate of drug-likeness (QED) is 0.787. The van der Waals surface area contributed by atoms with Crippen LogP contribution in [0, 0.1) is 13.8 Å². The first-order valence-corrected chi connectivity index (χ1v) is 10.8. The molecule has 5 heteroatoms. The number of hydrogen-bond donors (Lipinski definition) is 0. The molecule has 27 heavy (non-hydrogen) atoms. The Hall–Kier alpha value is -2.40. The minimum absolute atomic E-state index is 0.0878. The first-order valence-electron chi connectivity index (χ1n) is 9.09. The van der Waals surface area contributed by atoms with E-state index in [4.69, 9.17) is 0 Å². The minimum atomic E-state index is -3.28. The van der Waals surface area contributed by atoms with Crippen LogP contribution in [0.5, 0.6) is 0 Å². The van der Waals surface area contributed by atoms with E-state index in [9.17, 15) is 13.2 Å². The Kier molecular flexibility index (Phi) is 5.24. The van der Waals surface area contributed by atoms with Crippen LogP contribution in [0.25, 0.3) is 0 Å². The van der Waals surface area contributed by atoms with Gasteiger partial charge in [-0.05, 0) is 66.8 Å². The van der Waals surface area contributed by atoms with E-state index in [2.05, 4.69) is 13.8 Å². The third kappa shape index (κ3) is 4.14. The van der Waals surface area contributed by atoms with E-state index in [0.717, 1.165) is 11.1 Å². The van der Waals surface area contributed by atoms with Crippen LogP contribution in [-0.4, -0.2) is 26.1 Å². The van der Waals surface area contributed by atoms with Gasteiger partial charge in [-0.25, -0.2) is 8.42 Å². The van der Waals surface area contributed by atoms with Crippen LogP contribution < -0.4 is 4.90 Å². The first-order chi connectivity index (χ1) is 12.7. The molecule has 1 aliphatic rings. The number of hydrogen-bond acceptors (Lipinski definition) is 3. The zero-order valence-electron chi connectivity index (χ0n) is 16.1. The van der Waals surface area contributed by atoms with Crippen LogP contribution in [0.1, 0.15) is 46.8 Å². The van der Waals surface area contributed by atoms with Gasteiger partial charge in [0.15, 0.2) is 9.84 Å². The summed E-state index contributed by atoms with van der Waals surface area (Å²) in [5.41, 5.74) is 4.58. The SMILES string of the molecule is Cc1ccc(C(=O)N(c2ccc(C(C)C)cc2)C2C=CS(=O)(=O)C2)cc1C. The second kappa shape index (κ2) is 7.31. The minimum Gasteiger partial charge on any atom is -0.300 e. The monoisotopic (exact) mass is 383 g/mol. The molecule has 1 aliphatic heterocycles. The van der Waals surface area contributed by atoms with Crippen molar-refractivity contribution in [1.29, 1.82) is 0 Å². The summed E-state index contributed by atoms with van der Waals surface area (Å²) >= 11 is 0. The number of benzene rings is 2. The molecule has 0 radical (unpaired) electrons. The van der Waals surface area contributed by atoms with E-state index in [1.54, 1.807) is 17.0 Å². The van der Waals surface area contributed by atoms with Gasteiger partial charge in [0.05, 0.1) is 11.8 Å². The first kappa shape index (κ1) is 19.4. The summed E-state index contributed by atoms with van der Waals surface area (Å²) in [6.07, 6.45) is 1.60. The van der Waals surface area contributed by atoms with Crippen molar-refractivity contribution < 1.29 is 13.2 Å². The molecule has 0 spiro atoms. The number of sulfone groups is 1. The fraction of sp³-hybridized carbons (Fsp3) is 0.318. The third-order valence-electron chi connectivity index (χ3n) is 5.05. The van der Waals surface area contributed by atoms with E-state index in [1.807, 2.05) is 50.2 Å². The summed E-state index contributed by atoms with van der Waals surface area (Å²) in [5, 5.41) is 1.21. The van der Waals surface area contributed by atoms with Gasteiger partial charge >= 0.3 is 0 Å². The molecule has 1 unspecified atom stereocenters. The van der Waals surface area contributed by atoms with E-state index in [-0.39, 0.29) is 11.7 Å². The Morgan fingerprint density at radius 2 is 1.70 bits per heavy atom. The van der Waals surface area contributed by atoms with Crippen molar-refractivity contribution in [3.63, 3.8) is 0 Å². The standard InChI is InChI=1S/C22H25NO3S/c1-15(2)18-7-9-20(10-8-18)23(21-11-12-27(25,26)14-21)22(24)19-6-5-16(3)17(4)13-19/h5-13,15,21H,14H2,1-4H3. The van der Waals surface area contributed by atoms with E-state index >= 15 is 0 Å². The number of nitrogens with zero attached hydrogens (tertiary/aromatic N) is 1. The summed E-state index contributed by atoms with van der Waals surface area (Å²) in [4.78, 5) is 14.9. The van der Waals surface area contributed by atoms with Gasteiger partial charge in [-0.2, -0.15) is 0 Å². The van der Waals surface area contributed by atoms with Gasteiger partial charge in [-0.15, -0.1) is 0 Å². The summed E-state index contributed by atoms with van der Waals surface area (Å²) in [6.45, 7) is 8.19. The van der Waals surface area contributed by atoms with E-state index in [1.165, 1.54) is 11.0 Å². The molecule has 1 amide bonds. The van der Waals surface area contributed by atoms with Gasteiger partial charge in [0, 0.05) is 16.7 Å². The summed E-state index contributed by atoms with van der Waals surface area (Å²) in [5.74, 6) is 0.104. The Morgan fingerprint density at radius 1 is 1.04 bits per heavy atom. The van der Waals surface area contributed by atoms with Crippen molar-refractivity contribution in [3.05, 3.63) is 76.2 Å². The van der Waals surface area contributed by atoms with Crippen LogP contribution in [0.3, 0.4) is 0 Å². The molecule has 1 atom stereocenters. The Balaban J connectivity index is 2.03. The Labute approximate surface area is 161 Å². The second-order valence-corrected chi connectivity index (χ2v) is 9.38. The molecule has 0 N–H and O–H groups in total. The fourth-order valence-electron chi connectivity index (χ4n) is 3.21. The molecule has 0 bridgehead atoms. The number of carbonyl (C=O) groups is 1. The van der Waals surface area contributed by atoms with Crippen molar-refractivity contribution in [2.45, 2.75) is 39.7 Å². The van der Waals surface area contributed by atoms with Crippen molar-refractivity contribution in [2.75, 3.05) is 10.7 Å². The Bertz CT molecular complexity index is 989. The van der Waals surface area contributed by atoms with Crippen molar-refractivity contribution in [1.82, 2.24) is 0 Å². The van der Waals surface area contributed by atoms with E-state index < -0.39 is 15.9 Å². The topological polar surface area (TPSA) is 54.5 Å². The molecule has 2 aromatic carbocycles. The van der Waals surface area contributed by atoms with Crippen LogP contribution in [0.4, 0.5) is 5.69 Å². The van der Waals surface area contributed by atoms with Crippen LogP contribution in [0.2, 0.25) is 0 Å². The maximum Gasteiger partial charge on any atom is 0.258 e. The largest absolute Gasteiger partial charge is 0.300 e. The normalized spacial score (nSPS) is 18.0. The van der Waals surface area contributed by atoms with Gasteiger partial charge in [-0.3, -0.25) is 4.79 Å². The molecule has 0 aliphatic carbocycles. The van der Waals surface area contributed by atoms with Gasteiger partial charge in [-0.1, -0.05) is 32.0 Å². The maximum atomic E-state index is 13.3. The molecular weight excluding hydrogens is 358 g/mol. The number of anilines is 1. The third-order valence-corrected chi connectivity index (χ3v) is 6.43. The molecule has 0 aromatic heterocycles. The highest BCUT2D eigenvalue weighted by Gasteiger charge is 2.32. The van der Waals surface area contributed by atoms with Gasteiger partial charge in [0.1, 0.15) is 0 Å². The highest BCUT2D eigenvalue weighted by Crippen LogP contribution is 2.27. The zero-order chi connectivity index (χ0) is 19.8. The van der Waals surface area contributed by atoms with Gasteiger partial charge in [0.2, 0.25) is 0 Å². The molecule has 0 saturated carbocycles. The fourth-order valence-corrected chi connectivity index (χ4v) is 4.48. The molecule has 3 rings (SSSR count). The van der Waals surface area contributed by atoms with Crippen molar-refractivity contribution in [3.8, 4) is 0 Å². The summed E-state index contributed by atoms with van der Waals surface area (Å²) in [7, 11) is -3.28. The molecule has 4 nitrogen and oxygen atoms in total. The number of carbonyl (C=O) groups excluding carboxylic acids is 1. The lowest BCUT2D eigenvalue weighted by molar-refractivity contribution is 0.0983. The maximum absolute atomic E-state index is 13.3. The van der Waals surface area contributed by atoms with Crippen LogP contribution in [-0.2, 0) is 9.84 Å². The molecule has 0 fully saturated rings. The van der Waals surface area contributed by atoms with E-state index in [0.29, 0.717) is 17.2 Å². The van der Waals surface area contributed by atoms with Crippen molar-refractivity contribution in [2.24, 2.45) is 0 Å². The number of aryl methyl sites for hydroxylation is 2. The average Bonchev–Trinajstić information content (AvgIpc) is 2.97. The van der Waals surface area contributed by atoms with Gasteiger partial charge < -0.3 is 4.90 Å². The van der Waals surface area contributed by atoms with Crippen LogP contribution >= 0.6 is 0 Å². The molecule has 142 valence electrons. The summed E-state index contributed by atoms with van der Waals surface area (Å²) < 4.78 is 23.9. The zero-order valence-corrected chi connectivity index (χ0v) is 17.0. The molecule has 1 heterocycles. The number of rotatable bonds is 4. The predicted octanol–water partition coefficient (Wildman–Crippen LogP) is 4.38. The van der Waals surface area contributed by atoms with Gasteiger partial charge in [0.25, 0.3) is 5.91 Å². The summed E-state index contributed by atoms with van der Waals surface area (Å²) in [6, 6.07) is 12.9. The molecule has 2 aromatic rings. The lowest BCUT2D eigenvalue weighted by Crippen LogP contribution is -2.41. The average molecular weight is 384 g/mol. The second-order valence-electron chi connectivity index (χ2n) is 7.45. The highest BCUT2D eigenvalue weighted by molar-refractivity contribution is 7.94. The predicted molar refractivity (Wildman–Crippen MR) is 110 cm³/mol. The molecule has 0 saturated heterocycles. The number of amides is 1. The van der Waals surface area contributed by atoms with Crippen molar-refractivity contribution >= 4 is 21.4 Å².